The van der Waals surface area contributed by atoms with Gasteiger partial charge in [-0.2, -0.15) is 0 Å². The second kappa shape index (κ2) is 7.69. The number of ether oxygens (including phenoxy) is 1. The number of benzene rings is 2. The molecule has 0 aliphatic carbocycles. The van der Waals surface area contributed by atoms with Gasteiger partial charge in [0.15, 0.2) is 5.69 Å². The normalized spacial score (nSPS) is 10.4. The van der Waals surface area contributed by atoms with Crippen molar-refractivity contribution < 1.29 is 19.4 Å². The number of aromatic nitrogens is 3. The number of carboxylic acids is 1. The number of carbonyl (C=O) groups excluding carboxylic acids is 2. The molecule has 1 amide bonds. The Bertz CT molecular complexity index is 980. The lowest BCUT2D eigenvalue weighted by molar-refractivity contribution is -0.255. The Morgan fingerprint density at radius 1 is 1.15 bits per heavy atom. The molecule has 0 radical (unpaired) electrons. The monoisotopic (exact) mass is 365 g/mol. The van der Waals surface area contributed by atoms with Crippen LogP contribution in [-0.2, 0) is 0 Å². The van der Waals surface area contributed by atoms with Gasteiger partial charge < -0.3 is 20.0 Å². The van der Waals surface area contributed by atoms with Gasteiger partial charge in [0.1, 0.15) is 11.4 Å². The molecule has 3 rings (SSSR count). The number of nitrogens with zero attached hydrogens (tertiary/aromatic N) is 3. The lowest BCUT2D eigenvalue weighted by Gasteiger charge is -2.10. The minimum Gasteiger partial charge on any atom is -0.545 e. The summed E-state index contributed by atoms with van der Waals surface area (Å²) < 4.78 is 7.14. The third-order valence-electron chi connectivity index (χ3n) is 3.88. The summed E-state index contributed by atoms with van der Waals surface area (Å²) in [7, 11) is 0. The number of hydrogen-bond acceptors (Lipinski definition) is 6. The van der Waals surface area contributed by atoms with Crippen molar-refractivity contribution in [2.24, 2.45) is 0 Å². The number of para-hydroxylation sites is 2. The molecule has 3 aromatic rings. The molecule has 0 aliphatic rings. The second-order valence-corrected chi connectivity index (χ2v) is 5.65. The molecule has 0 saturated heterocycles. The summed E-state index contributed by atoms with van der Waals surface area (Å²) in [5, 5.41) is 21.5. The van der Waals surface area contributed by atoms with Gasteiger partial charge in [0.25, 0.3) is 5.91 Å². The Labute approximate surface area is 155 Å². The van der Waals surface area contributed by atoms with Crippen LogP contribution in [0.3, 0.4) is 0 Å². The first-order valence-corrected chi connectivity index (χ1v) is 8.28. The van der Waals surface area contributed by atoms with Crippen LogP contribution in [0, 0.1) is 6.92 Å². The molecular formula is C19H17N4O4-. The summed E-state index contributed by atoms with van der Waals surface area (Å²) in [6.07, 6.45) is 0. The van der Waals surface area contributed by atoms with E-state index < -0.39 is 11.9 Å². The number of hydrogen-bond donors (Lipinski definition) is 1. The van der Waals surface area contributed by atoms with Gasteiger partial charge in [-0.25, -0.2) is 4.68 Å². The van der Waals surface area contributed by atoms with E-state index in [-0.39, 0.29) is 11.3 Å². The molecule has 2 aromatic carbocycles. The molecule has 8 nitrogen and oxygen atoms in total. The highest BCUT2D eigenvalue weighted by Gasteiger charge is 2.19. The Kier molecular flexibility index (Phi) is 5.16. The van der Waals surface area contributed by atoms with Crippen LogP contribution in [-0.4, -0.2) is 33.5 Å². The van der Waals surface area contributed by atoms with Crippen molar-refractivity contribution in [1.82, 2.24) is 15.0 Å². The van der Waals surface area contributed by atoms with Gasteiger partial charge in [-0.1, -0.05) is 29.5 Å². The van der Waals surface area contributed by atoms with E-state index in [1.165, 1.54) is 24.3 Å². The summed E-state index contributed by atoms with van der Waals surface area (Å²) in [5.41, 5.74) is 1.86. The van der Waals surface area contributed by atoms with Gasteiger partial charge in [-0.15, -0.1) is 5.10 Å². The maximum atomic E-state index is 12.5. The molecule has 8 heteroatoms. The molecule has 27 heavy (non-hydrogen) atoms. The maximum Gasteiger partial charge on any atom is 0.278 e. The fourth-order valence-corrected chi connectivity index (χ4v) is 2.56. The Morgan fingerprint density at radius 2 is 1.85 bits per heavy atom. The second-order valence-electron chi connectivity index (χ2n) is 5.65. The number of nitrogens with one attached hydrogen (secondary N) is 1. The number of carboxylic acid groups (broad SMARTS) is 1. The third-order valence-corrected chi connectivity index (χ3v) is 3.88. The van der Waals surface area contributed by atoms with Gasteiger partial charge in [0.05, 0.1) is 18.3 Å². The van der Waals surface area contributed by atoms with E-state index >= 15 is 0 Å². The van der Waals surface area contributed by atoms with E-state index in [1.807, 2.05) is 31.2 Å². The van der Waals surface area contributed by atoms with Crippen molar-refractivity contribution >= 4 is 17.6 Å². The van der Waals surface area contributed by atoms with Crippen LogP contribution < -0.4 is 15.2 Å². The zero-order valence-corrected chi connectivity index (χ0v) is 14.8. The van der Waals surface area contributed by atoms with Crippen LogP contribution >= 0.6 is 0 Å². The Balaban J connectivity index is 1.84. The number of aromatic carboxylic acids is 1. The van der Waals surface area contributed by atoms with E-state index in [4.69, 9.17) is 4.74 Å². The molecular weight excluding hydrogens is 348 g/mol. The molecule has 0 atom stereocenters. The third kappa shape index (κ3) is 3.79. The molecule has 1 N–H and O–H groups in total. The highest BCUT2D eigenvalue weighted by atomic mass is 16.5. The summed E-state index contributed by atoms with van der Waals surface area (Å²) in [6.45, 7) is 4.12. The topological polar surface area (TPSA) is 109 Å². The molecule has 0 bridgehead atoms. The number of anilines is 1. The summed E-state index contributed by atoms with van der Waals surface area (Å²) in [4.78, 5) is 23.3. The highest BCUT2D eigenvalue weighted by molar-refractivity contribution is 6.03. The van der Waals surface area contributed by atoms with Crippen LogP contribution in [0.5, 0.6) is 5.75 Å². The van der Waals surface area contributed by atoms with E-state index in [0.717, 1.165) is 0 Å². The molecule has 1 aromatic heterocycles. The van der Waals surface area contributed by atoms with Crippen molar-refractivity contribution in [1.29, 1.82) is 0 Å². The quantitative estimate of drug-likeness (QED) is 0.710. The maximum absolute atomic E-state index is 12.5. The first kappa shape index (κ1) is 18.1. The highest BCUT2D eigenvalue weighted by Crippen LogP contribution is 2.24. The minimum absolute atomic E-state index is 0.0302. The largest absolute Gasteiger partial charge is 0.545 e. The molecule has 0 saturated carbocycles. The molecule has 0 unspecified atom stereocenters. The van der Waals surface area contributed by atoms with Crippen LogP contribution in [0.1, 0.15) is 33.5 Å². The zero-order chi connectivity index (χ0) is 19.4. The van der Waals surface area contributed by atoms with Gasteiger partial charge in [-0.05, 0) is 43.7 Å². The van der Waals surface area contributed by atoms with Crippen molar-refractivity contribution in [3.05, 3.63) is 65.5 Å². The predicted octanol–water partition coefficient (Wildman–Crippen LogP) is 1.59. The Morgan fingerprint density at radius 3 is 2.52 bits per heavy atom. The number of carbonyl (C=O) groups is 2. The van der Waals surface area contributed by atoms with Gasteiger partial charge in [0, 0.05) is 5.69 Å². The summed E-state index contributed by atoms with van der Waals surface area (Å²) >= 11 is 0. The van der Waals surface area contributed by atoms with Crippen molar-refractivity contribution in [2.45, 2.75) is 13.8 Å². The Hall–Kier alpha value is -3.68. The number of rotatable bonds is 6. The van der Waals surface area contributed by atoms with Gasteiger partial charge >= 0.3 is 0 Å². The van der Waals surface area contributed by atoms with Crippen LogP contribution in [0.4, 0.5) is 5.69 Å². The van der Waals surface area contributed by atoms with Crippen molar-refractivity contribution in [3.8, 4) is 11.4 Å². The lowest BCUT2D eigenvalue weighted by Crippen LogP contribution is -2.22. The minimum atomic E-state index is -1.28. The van der Waals surface area contributed by atoms with E-state index in [1.54, 1.807) is 11.6 Å². The van der Waals surface area contributed by atoms with Crippen LogP contribution in [0.2, 0.25) is 0 Å². The molecule has 0 spiro atoms. The van der Waals surface area contributed by atoms with Gasteiger partial charge in [0.2, 0.25) is 0 Å². The van der Waals surface area contributed by atoms with E-state index in [2.05, 4.69) is 15.6 Å². The first-order chi connectivity index (χ1) is 13.0. The van der Waals surface area contributed by atoms with Crippen LogP contribution in [0.25, 0.3) is 5.69 Å². The number of amides is 1. The summed E-state index contributed by atoms with van der Waals surface area (Å²) in [5.74, 6) is -1.09. The first-order valence-electron chi connectivity index (χ1n) is 8.28. The average Bonchev–Trinajstić information content (AvgIpc) is 3.04. The summed E-state index contributed by atoms with van der Waals surface area (Å²) in [6, 6.07) is 13.0. The predicted molar refractivity (Wildman–Crippen MR) is 96.0 cm³/mol. The zero-order valence-electron chi connectivity index (χ0n) is 14.8. The van der Waals surface area contributed by atoms with E-state index in [9.17, 15) is 14.7 Å². The molecule has 1 heterocycles. The lowest BCUT2D eigenvalue weighted by atomic mass is 10.2. The standard InChI is InChI=1S/C19H18N4O4/c1-3-27-16-7-5-4-6-15(16)23-12(2)17(21-22-23)18(24)20-14-10-8-13(9-11-14)19(25)26/h4-11H,3H2,1-2H3,(H,20,24)(H,25,26)/p-1. The van der Waals surface area contributed by atoms with Crippen molar-refractivity contribution in [3.63, 3.8) is 0 Å². The van der Waals surface area contributed by atoms with Crippen molar-refractivity contribution in [2.75, 3.05) is 11.9 Å². The molecule has 138 valence electrons. The average molecular weight is 365 g/mol. The SMILES string of the molecule is CCOc1ccccc1-n1nnc(C(=O)Nc2ccc(C(=O)[O-])cc2)c1C. The fourth-order valence-electron chi connectivity index (χ4n) is 2.56. The van der Waals surface area contributed by atoms with E-state index in [0.29, 0.717) is 29.4 Å². The van der Waals surface area contributed by atoms with Crippen LogP contribution in [0.15, 0.2) is 48.5 Å². The molecule has 0 fully saturated rings. The van der Waals surface area contributed by atoms with Gasteiger partial charge in [-0.3, -0.25) is 4.79 Å². The fraction of sp³-hybridized carbons (Fsp3) is 0.158. The molecule has 0 aliphatic heterocycles. The smallest absolute Gasteiger partial charge is 0.278 e.